The number of rotatable bonds is 7. The highest BCUT2D eigenvalue weighted by molar-refractivity contribution is 7.98. The van der Waals surface area contributed by atoms with Gasteiger partial charge in [-0.2, -0.15) is 16.5 Å². The third kappa shape index (κ3) is 5.07. The largest absolute Gasteiger partial charge is 0.341 e. The van der Waals surface area contributed by atoms with Crippen molar-refractivity contribution in [3.63, 3.8) is 0 Å². The summed E-state index contributed by atoms with van der Waals surface area (Å²) in [6.07, 6.45) is 4.39. The van der Waals surface area contributed by atoms with Gasteiger partial charge in [-0.25, -0.2) is 8.42 Å². The Bertz CT molecular complexity index is 922. The maximum absolute atomic E-state index is 13.0. The third-order valence-corrected chi connectivity index (χ3v) is 7.45. The van der Waals surface area contributed by atoms with E-state index in [4.69, 9.17) is 0 Å². The summed E-state index contributed by atoms with van der Waals surface area (Å²) < 4.78 is 28.7. The minimum Gasteiger partial charge on any atom is -0.341 e. The van der Waals surface area contributed by atoms with E-state index in [2.05, 4.69) is 11.6 Å². The number of sulfonamides is 1. The highest BCUT2D eigenvalue weighted by Gasteiger charge is 2.30. The molecule has 0 bridgehead atoms. The Labute approximate surface area is 171 Å². The van der Waals surface area contributed by atoms with Crippen LogP contribution < -0.4 is 4.72 Å². The van der Waals surface area contributed by atoms with Gasteiger partial charge >= 0.3 is 0 Å². The monoisotopic (exact) mass is 420 g/mol. The summed E-state index contributed by atoms with van der Waals surface area (Å²) in [6.45, 7) is 3.59. The molecule has 152 valence electrons. The fourth-order valence-electron chi connectivity index (χ4n) is 3.51. The highest BCUT2D eigenvalue weighted by atomic mass is 32.2. The van der Waals surface area contributed by atoms with Crippen molar-refractivity contribution in [1.82, 2.24) is 9.62 Å². The summed E-state index contributed by atoms with van der Waals surface area (Å²) >= 11 is 1.61. The normalized spacial score (nSPS) is 17.0. The number of nitrogens with one attached hydrogen (secondary N) is 1. The smallest absolute Gasteiger partial charge is 0.241 e. The van der Waals surface area contributed by atoms with Crippen molar-refractivity contribution in [1.29, 1.82) is 0 Å². The summed E-state index contributed by atoms with van der Waals surface area (Å²) in [5.74, 6) is 1.23. The number of thioether (sulfide) groups is 1. The molecule has 3 rings (SSSR count). The second-order valence-electron chi connectivity index (χ2n) is 7.47. The lowest BCUT2D eigenvalue weighted by molar-refractivity contribution is -0.134. The number of carbonyl (C=O) groups is 1. The van der Waals surface area contributed by atoms with Crippen LogP contribution in [0.25, 0.3) is 10.8 Å². The number of carbonyl (C=O) groups excluding carboxylic acids is 1. The van der Waals surface area contributed by atoms with Crippen LogP contribution in [0.5, 0.6) is 0 Å². The van der Waals surface area contributed by atoms with Crippen LogP contribution in [-0.4, -0.2) is 50.4 Å². The number of likely N-dealkylation sites (tertiary alicyclic amines) is 1. The van der Waals surface area contributed by atoms with E-state index in [1.807, 2.05) is 35.4 Å². The Morgan fingerprint density at radius 1 is 1.18 bits per heavy atom. The molecule has 1 N–H and O–H groups in total. The first kappa shape index (κ1) is 21.1. The van der Waals surface area contributed by atoms with Crippen molar-refractivity contribution < 1.29 is 13.2 Å². The number of piperidine rings is 1. The van der Waals surface area contributed by atoms with Gasteiger partial charge in [0, 0.05) is 13.1 Å². The van der Waals surface area contributed by atoms with E-state index in [0.717, 1.165) is 29.4 Å². The standard InChI is InChI=1S/C21H28N2O3S2/c1-16-9-12-23(13-10-16)21(24)20(11-14-27-2)22-28(25,26)19-8-7-17-5-3-4-6-18(17)15-19/h3-8,15-16,20,22H,9-14H2,1-2H3/t20-/m1/s1. The first-order valence-electron chi connectivity index (χ1n) is 9.69. The van der Waals surface area contributed by atoms with Gasteiger partial charge in [0.05, 0.1) is 4.90 Å². The molecule has 0 aromatic heterocycles. The predicted octanol–water partition coefficient (Wildman–Crippen LogP) is 3.50. The Kier molecular flexibility index (Phi) is 7.01. The molecule has 2 aromatic carbocycles. The number of nitrogens with zero attached hydrogens (tertiary/aromatic N) is 1. The van der Waals surface area contributed by atoms with Crippen molar-refractivity contribution in [2.45, 2.75) is 37.1 Å². The molecule has 1 atom stereocenters. The van der Waals surface area contributed by atoms with Crippen molar-refractivity contribution in [3.8, 4) is 0 Å². The second-order valence-corrected chi connectivity index (χ2v) is 10.2. The Morgan fingerprint density at radius 3 is 2.54 bits per heavy atom. The van der Waals surface area contributed by atoms with Crippen molar-refractivity contribution in [2.75, 3.05) is 25.1 Å². The fraction of sp³-hybridized carbons (Fsp3) is 0.476. The van der Waals surface area contributed by atoms with Crippen LogP contribution in [0, 0.1) is 5.92 Å². The molecule has 1 amide bonds. The maximum Gasteiger partial charge on any atom is 0.241 e. The molecular formula is C21H28N2O3S2. The summed E-state index contributed by atoms with van der Waals surface area (Å²) in [5.41, 5.74) is 0. The molecule has 0 unspecified atom stereocenters. The number of hydrogen-bond acceptors (Lipinski definition) is 4. The van der Waals surface area contributed by atoms with E-state index >= 15 is 0 Å². The Morgan fingerprint density at radius 2 is 1.86 bits per heavy atom. The molecule has 2 aromatic rings. The van der Waals surface area contributed by atoms with E-state index in [9.17, 15) is 13.2 Å². The minimum absolute atomic E-state index is 0.106. The van der Waals surface area contributed by atoms with E-state index < -0.39 is 16.1 Å². The minimum atomic E-state index is -3.78. The number of hydrogen-bond donors (Lipinski definition) is 1. The summed E-state index contributed by atoms with van der Waals surface area (Å²) in [4.78, 5) is 15.0. The first-order valence-corrected chi connectivity index (χ1v) is 12.6. The fourth-order valence-corrected chi connectivity index (χ4v) is 5.24. The molecule has 0 aliphatic carbocycles. The zero-order chi connectivity index (χ0) is 20.1. The molecule has 1 heterocycles. The van der Waals surface area contributed by atoms with Crippen molar-refractivity contribution >= 4 is 38.5 Å². The van der Waals surface area contributed by atoms with E-state index in [-0.39, 0.29) is 10.8 Å². The van der Waals surface area contributed by atoms with Gasteiger partial charge in [0.25, 0.3) is 0 Å². The summed E-state index contributed by atoms with van der Waals surface area (Å²) in [5, 5.41) is 1.85. The molecular weight excluding hydrogens is 392 g/mol. The lowest BCUT2D eigenvalue weighted by Crippen LogP contribution is -2.50. The molecule has 1 fully saturated rings. The van der Waals surface area contributed by atoms with Gasteiger partial charge in [-0.05, 0) is 60.1 Å². The topological polar surface area (TPSA) is 66.5 Å². The number of fused-ring (bicyclic) bond motifs is 1. The molecule has 0 saturated carbocycles. The lowest BCUT2D eigenvalue weighted by Gasteiger charge is -2.33. The van der Waals surface area contributed by atoms with Crippen molar-refractivity contribution in [3.05, 3.63) is 42.5 Å². The number of benzene rings is 2. The van der Waals surface area contributed by atoms with Crippen LogP contribution in [0.1, 0.15) is 26.2 Å². The third-order valence-electron chi connectivity index (χ3n) is 5.33. The summed E-state index contributed by atoms with van der Waals surface area (Å²) in [6, 6.07) is 12.0. The van der Waals surface area contributed by atoms with Gasteiger partial charge in [-0.3, -0.25) is 4.79 Å². The molecule has 1 saturated heterocycles. The van der Waals surface area contributed by atoms with Gasteiger partial charge in [-0.15, -0.1) is 0 Å². The van der Waals surface area contributed by atoms with Crippen LogP contribution in [0.15, 0.2) is 47.4 Å². The molecule has 1 aliphatic rings. The predicted molar refractivity (Wildman–Crippen MR) is 116 cm³/mol. The quantitative estimate of drug-likeness (QED) is 0.745. The molecule has 7 heteroatoms. The zero-order valence-corrected chi connectivity index (χ0v) is 18.1. The van der Waals surface area contributed by atoms with Crippen LogP contribution in [0.4, 0.5) is 0 Å². The van der Waals surface area contributed by atoms with Gasteiger partial charge in [0.1, 0.15) is 6.04 Å². The van der Waals surface area contributed by atoms with Crippen LogP contribution in [0.2, 0.25) is 0 Å². The second kappa shape index (κ2) is 9.29. The lowest BCUT2D eigenvalue weighted by atomic mass is 9.98. The average molecular weight is 421 g/mol. The molecule has 5 nitrogen and oxygen atoms in total. The first-order chi connectivity index (χ1) is 13.4. The van der Waals surface area contributed by atoms with Gasteiger partial charge in [0.2, 0.25) is 15.9 Å². The molecule has 0 spiro atoms. The Balaban J connectivity index is 1.80. The van der Waals surface area contributed by atoms with Crippen molar-refractivity contribution in [2.24, 2.45) is 5.92 Å². The summed E-state index contributed by atoms with van der Waals surface area (Å²) in [7, 11) is -3.78. The van der Waals surface area contributed by atoms with Crippen LogP contribution >= 0.6 is 11.8 Å². The maximum atomic E-state index is 13.0. The SMILES string of the molecule is CSCC[C@@H](NS(=O)(=O)c1ccc2ccccc2c1)C(=O)N1CCC(C)CC1. The molecule has 0 radical (unpaired) electrons. The van der Waals surface area contributed by atoms with E-state index in [1.54, 1.807) is 30.0 Å². The van der Waals surface area contributed by atoms with Crippen LogP contribution in [0.3, 0.4) is 0 Å². The highest BCUT2D eigenvalue weighted by Crippen LogP contribution is 2.21. The Hall–Kier alpha value is -1.57. The van der Waals surface area contributed by atoms with Gasteiger partial charge in [0.15, 0.2) is 0 Å². The number of amides is 1. The molecule has 1 aliphatic heterocycles. The zero-order valence-electron chi connectivity index (χ0n) is 16.4. The van der Waals surface area contributed by atoms with Crippen LogP contribution in [-0.2, 0) is 14.8 Å². The van der Waals surface area contributed by atoms with Gasteiger partial charge in [-0.1, -0.05) is 37.3 Å². The van der Waals surface area contributed by atoms with Gasteiger partial charge < -0.3 is 4.90 Å². The van der Waals surface area contributed by atoms with E-state index in [1.165, 1.54) is 0 Å². The molecule has 28 heavy (non-hydrogen) atoms. The average Bonchev–Trinajstić information content (AvgIpc) is 2.70. The van der Waals surface area contributed by atoms with E-state index in [0.29, 0.717) is 25.4 Å².